The van der Waals surface area contributed by atoms with E-state index in [1.54, 1.807) is 39.1 Å². The minimum atomic E-state index is -0.672. The molecular weight excluding hydrogens is 284 g/mol. The van der Waals surface area contributed by atoms with Crippen molar-refractivity contribution in [3.05, 3.63) is 40.4 Å². The molecule has 2 rings (SSSR count). The first-order chi connectivity index (χ1) is 10.3. The first-order valence-electron chi connectivity index (χ1n) is 6.89. The fourth-order valence-electron chi connectivity index (χ4n) is 1.85. The van der Waals surface area contributed by atoms with Gasteiger partial charge in [0.2, 0.25) is 0 Å². The van der Waals surface area contributed by atoms with Gasteiger partial charge in [-0.1, -0.05) is 0 Å². The molecule has 0 aliphatic carbocycles. The summed E-state index contributed by atoms with van der Waals surface area (Å²) >= 11 is 0. The van der Waals surface area contributed by atoms with Crippen molar-refractivity contribution < 1.29 is 9.84 Å². The zero-order chi connectivity index (χ0) is 16.3. The Morgan fingerprint density at radius 3 is 2.73 bits per heavy atom. The molecule has 0 aliphatic heterocycles. The third kappa shape index (κ3) is 3.82. The number of anilines is 2. The minimum Gasteiger partial charge on any atom is -0.484 e. The lowest BCUT2D eigenvalue weighted by Crippen LogP contribution is -2.32. The third-order valence-electron chi connectivity index (χ3n) is 2.96. The summed E-state index contributed by atoms with van der Waals surface area (Å²) in [5, 5.41) is 16.2. The van der Waals surface area contributed by atoms with Gasteiger partial charge in [0.15, 0.2) is 0 Å². The monoisotopic (exact) mass is 304 g/mol. The number of pyridine rings is 1. The smallest absolute Gasteiger partial charge is 0.290 e. The summed E-state index contributed by atoms with van der Waals surface area (Å²) in [4.78, 5) is 16.2. The maximum absolute atomic E-state index is 12.0. The zero-order valence-corrected chi connectivity index (χ0v) is 13.1. The number of aryl methyl sites for hydroxylation is 2. The molecule has 0 radical (unpaired) electrons. The van der Waals surface area contributed by atoms with Crippen LogP contribution in [0.15, 0.2) is 29.2 Å². The summed E-state index contributed by atoms with van der Waals surface area (Å²) in [5.41, 5.74) is 0.240. The van der Waals surface area contributed by atoms with Gasteiger partial charge in [-0.05, 0) is 39.0 Å². The molecule has 0 aliphatic rings. The average Bonchev–Trinajstić information content (AvgIpc) is 2.46. The van der Waals surface area contributed by atoms with Gasteiger partial charge in [-0.25, -0.2) is 9.67 Å². The van der Waals surface area contributed by atoms with E-state index in [4.69, 9.17) is 4.74 Å². The normalized spacial score (nSPS) is 11.3. The highest BCUT2D eigenvalue weighted by atomic mass is 16.5. The van der Waals surface area contributed by atoms with E-state index in [1.807, 2.05) is 6.92 Å². The number of hydrogen-bond donors (Lipinski definition) is 2. The highest BCUT2D eigenvalue weighted by molar-refractivity contribution is 5.55. The van der Waals surface area contributed by atoms with Gasteiger partial charge in [-0.2, -0.15) is 5.10 Å². The van der Waals surface area contributed by atoms with Crippen molar-refractivity contribution in [2.24, 2.45) is 7.05 Å². The Morgan fingerprint density at radius 1 is 1.41 bits per heavy atom. The lowest BCUT2D eigenvalue weighted by Gasteiger charge is -2.23. The molecular formula is C15H20N4O3. The SMILES string of the molecule is Cc1cc(Nc2ccc(OC(C)(C)CO)cn2)c(=O)n(C)n1. The molecule has 0 atom stereocenters. The van der Waals surface area contributed by atoms with Crippen LogP contribution in [0.2, 0.25) is 0 Å². The van der Waals surface area contributed by atoms with Gasteiger partial charge in [0.25, 0.3) is 5.56 Å². The predicted molar refractivity (Wildman–Crippen MR) is 83.5 cm³/mol. The fourth-order valence-corrected chi connectivity index (χ4v) is 1.85. The number of rotatable bonds is 5. The lowest BCUT2D eigenvalue weighted by molar-refractivity contribution is 0.0410. The Morgan fingerprint density at radius 2 is 2.14 bits per heavy atom. The van der Waals surface area contributed by atoms with E-state index < -0.39 is 5.60 Å². The number of aliphatic hydroxyl groups excluding tert-OH is 1. The summed E-state index contributed by atoms with van der Waals surface area (Å²) in [5.74, 6) is 1.07. The van der Waals surface area contributed by atoms with Crippen molar-refractivity contribution in [1.82, 2.24) is 14.8 Å². The summed E-state index contributed by atoms with van der Waals surface area (Å²) in [7, 11) is 1.60. The molecule has 118 valence electrons. The van der Waals surface area contributed by atoms with Crippen LogP contribution >= 0.6 is 0 Å². The van der Waals surface area contributed by atoms with Gasteiger partial charge in [0, 0.05) is 7.05 Å². The molecule has 0 aromatic carbocycles. The van der Waals surface area contributed by atoms with Crippen molar-refractivity contribution in [3.8, 4) is 5.75 Å². The van der Waals surface area contributed by atoms with E-state index in [2.05, 4.69) is 15.4 Å². The van der Waals surface area contributed by atoms with Crippen LogP contribution in [0.5, 0.6) is 5.75 Å². The van der Waals surface area contributed by atoms with Gasteiger partial charge in [-0.3, -0.25) is 4.79 Å². The van der Waals surface area contributed by atoms with Gasteiger partial charge >= 0.3 is 0 Å². The van der Waals surface area contributed by atoms with Crippen LogP contribution < -0.4 is 15.6 Å². The van der Waals surface area contributed by atoms with Crippen LogP contribution in [-0.2, 0) is 7.05 Å². The molecule has 0 unspecified atom stereocenters. The lowest BCUT2D eigenvalue weighted by atomic mass is 10.1. The van der Waals surface area contributed by atoms with Crippen LogP contribution in [-0.4, -0.2) is 32.1 Å². The van der Waals surface area contributed by atoms with Gasteiger partial charge in [0.1, 0.15) is 22.9 Å². The van der Waals surface area contributed by atoms with E-state index in [1.165, 1.54) is 10.9 Å². The Kier molecular flexibility index (Phi) is 4.46. The predicted octanol–water partition coefficient (Wildman–Crippen LogP) is 1.38. The maximum Gasteiger partial charge on any atom is 0.290 e. The first-order valence-corrected chi connectivity index (χ1v) is 6.89. The van der Waals surface area contributed by atoms with Crippen molar-refractivity contribution >= 4 is 11.5 Å². The van der Waals surface area contributed by atoms with E-state index >= 15 is 0 Å². The topological polar surface area (TPSA) is 89.3 Å². The largest absolute Gasteiger partial charge is 0.484 e. The number of aliphatic hydroxyl groups is 1. The Labute approximate surface area is 128 Å². The van der Waals surface area contributed by atoms with E-state index in [9.17, 15) is 9.90 Å². The van der Waals surface area contributed by atoms with Crippen molar-refractivity contribution in [3.63, 3.8) is 0 Å². The molecule has 0 amide bonds. The molecule has 0 fully saturated rings. The highest BCUT2D eigenvalue weighted by Gasteiger charge is 2.18. The highest BCUT2D eigenvalue weighted by Crippen LogP contribution is 2.19. The summed E-state index contributed by atoms with van der Waals surface area (Å²) in [6.45, 7) is 5.27. The second-order valence-corrected chi connectivity index (χ2v) is 5.65. The van der Waals surface area contributed by atoms with Crippen molar-refractivity contribution in [2.75, 3.05) is 11.9 Å². The molecule has 0 saturated heterocycles. The summed E-state index contributed by atoms with van der Waals surface area (Å²) in [6, 6.07) is 5.10. The molecule has 2 heterocycles. The number of nitrogens with zero attached hydrogens (tertiary/aromatic N) is 3. The average molecular weight is 304 g/mol. The van der Waals surface area contributed by atoms with Crippen LogP contribution in [0.3, 0.4) is 0 Å². The zero-order valence-electron chi connectivity index (χ0n) is 13.1. The van der Waals surface area contributed by atoms with Crippen LogP contribution in [0.25, 0.3) is 0 Å². The summed E-state index contributed by atoms with van der Waals surface area (Å²) < 4.78 is 6.88. The molecule has 7 heteroatoms. The molecule has 2 aromatic heterocycles. The van der Waals surface area contributed by atoms with Crippen LogP contribution in [0.1, 0.15) is 19.5 Å². The standard InChI is InChI=1S/C15H20N4O3/c1-10-7-12(14(21)19(4)18-10)17-13-6-5-11(8-16-13)22-15(2,3)9-20/h5-8,20H,9H2,1-4H3,(H,16,17). The van der Waals surface area contributed by atoms with E-state index in [0.29, 0.717) is 17.3 Å². The number of hydrogen-bond acceptors (Lipinski definition) is 6. The Balaban J connectivity index is 2.17. The fraction of sp³-hybridized carbons (Fsp3) is 0.400. The van der Waals surface area contributed by atoms with Gasteiger partial charge in [0.05, 0.1) is 18.5 Å². The minimum absolute atomic E-state index is 0.0979. The van der Waals surface area contributed by atoms with Crippen molar-refractivity contribution in [1.29, 1.82) is 0 Å². The van der Waals surface area contributed by atoms with Crippen molar-refractivity contribution in [2.45, 2.75) is 26.4 Å². The number of ether oxygens (including phenoxy) is 1. The molecule has 0 bridgehead atoms. The van der Waals surface area contributed by atoms with E-state index in [-0.39, 0.29) is 12.2 Å². The quantitative estimate of drug-likeness (QED) is 0.867. The Bertz CT molecular complexity index is 708. The van der Waals surface area contributed by atoms with Crippen LogP contribution in [0.4, 0.5) is 11.5 Å². The van der Waals surface area contributed by atoms with Gasteiger partial charge < -0.3 is 15.2 Å². The maximum atomic E-state index is 12.0. The molecule has 2 N–H and O–H groups in total. The summed E-state index contributed by atoms with van der Waals surface area (Å²) in [6.07, 6.45) is 1.54. The molecule has 2 aromatic rings. The van der Waals surface area contributed by atoms with Crippen LogP contribution in [0, 0.1) is 6.92 Å². The third-order valence-corrected chi connectivity index (χ3v) is 2.96. The molecule has 22 heavy (non-hydrogen) atoms. The van der Waals surface area contributed by atoms with E-state index in [0.717, 1.165) is 5.69 Å². The number of nitrogens with one attached hydrogen (secondary N) is 1. The first kappa shape index (κ1) is 16.0. The second kappa shape index (κ2) is 6.15. The molecule has 7 nitrogen and oxygen atoms in total. The second-order valence-electron chi connectivity index (χ2n) is 5.65. The Hall–Kier alpha value is -2.41. The molecule has 0 saturated carbocycles. The van der Waals surface area contributed by atoms with Gasteiger partial charge in [-0.15, -0.1) is 0 Å². The molecule has 0 spiro atoms. The number of aromatic nitrogens is 3.